The number of aromatic nitrogens is 5. The van der Waals surface area contributed by atoms with Crippen molar-refractivity contribution >= 4 is 38.6 Å². The predicted molar refractivity (Wildman–Crippen MR) is 102 cm³/mol. The van der Waals surface area contributed by atoms with Gasteiger partial charge in [0.15, 0.2) is 0 Å². The maximum atomic E-state index is 13.6. The summed E-state index contributed by atoms with van der Waals surface area (Å²) in [6, 6.07) is 10.7. The molecule has 142 valence electrons. The maximum absolute atomic E-state index is 13.6. The predicted octanol–water partition coefficient (Wildman–Crippen LogP) is 3.05. The summed E-state index contributed by atoms with van der Waals surface area (Å²) in [7, 11) is 0. The fourth-order valence-electron chi connectivity index (χ4n) is 2.54. The van der Waals surface area contributed by atoms with E-state index in [4.69, 9.17) is 11.6 Å². The molecule has 0 aliphatic heterocycles. The normalized spacial score (nSPS) is 11.3. The first kappa shape index (κ1) is 19.4. The molecule has 0 spiro atoms. The SMILES string of the molecule is FC(F)(F)c1cc(-c2ccc(Cl)cc2)nc2c(C#Cc3ccc([As])nn3)cnn12. The van der Waals surface area contributed by atoms with Crippen LogP contribution in [0.3, 0.4) is 0 Å². The topological polar surface area (TPSA) is 56.0 Å². The van der Waals surface area contributed by atoms with E-state index < -0.39 is 11.9 Å². The molecule has 0 saturated carbocycles. The molecule has 5 nitrogen and oxygen atoms in total. The van der Waals surface area contributed by atoms with Crippen molar-refractivity contribution in [3.8, 4) is 23.1 Å². The molecular weight excluding hydrogens is 466 g/mol. The number of benzene rings is 1. The standard InChI is InChI=1S/C19H8AsClF3N5/c20-17-8-7-14(27-28-17)6-3-12-10-25-29-16(19(22,23)24)9-15(26-18(12)29)11-1-4-13(21)5-2-11/h1-2,4-5,7-10H. The van der Waals surface area contributed by atoms with Crippen LogP contribution in [0.1, 0.15) is 17.0 Å². The van der Waals surface area contributed by atoms with Crippen LogP contribution in [0.4, 0.5) is 13.2 Å². The van der Waals surface area contributed by atoms with Crippen LogP contribution < -0.4 is 4.48 Å². The quantitative estimate of drug-likeness (QED) is 0.315. The zero-order valence-electron chi connectivity index (χ0n) is 14.3. The van der Waals surface area contributed by atoms with Crippen LogP contribution in [0.2, 0.25) is 5.02 Å². The van der Waals surface area contributed by atoms with Crippen LogP contribution >= 0.6 is 11.6 Å². The molecule has 4 aromatic rings. The molecule has 0 bridgehead atoms. The summed E-state index contributed by atoms with van der Waals surface area (Å²) < 4.78 is 42.2. The molecule has 0 aliphatic rings. The Kier molecular flexibility index (Phi) is 5.03. The first-order chi connectivity index (χ1) is 13.8. The van der Waals surface area contributed by atoms with Gasteiger partial charge in [-0.2, -0.15) is 0 Å². The Balaban J connectivity index is 1.88. The van der Waals surface area contributed by atoms with Gasteiger partial charge in [-0.1, -0.05) is 11.6 Å². The van der Waals surface area contributed by atoms with Gasteiger partial charge in [-0.15, -0.1) is 0 Å². The van der Waals surface area contributed by atoms with Gasteiger partial charge >= 0.3 is 148 Å². The van der Waals surface area contributed by atoms with Crippen molar-refractivity contribution in [1.29, 1.82) is 0 Å². The second-order valence-electron chi connectivity index (χ2n) is 5.85. The van der Waals surface area contributed by atoms with E-state index in [-0.39, 0.29) is 16.9 Å². The summed E-state index contributed by atoms with van der Waals surface area (Å²) in [5.41, 5.74) is 0.291. The van der Waals surface area contributed by atoms with Gasteiger partial charge in [0, 0.05) is 5.02 Å². The molecule has 3 aromatic heterocycles. The van der Waals surface area contributed by atoms with E-state index >= 15 is 0 Å². The summed E-state index contributed by atoms with van der Waals surface area (Å²) >= 11 is 8.12. The van der Waals surface area contributed by atoms with Gasteiger partial charge in [0.25, 0.3) is 0 Å². The van der Waals surface area contributed by atoms with E-state index in [1.165, 1.54) is 6.20 Å². The van der Waals surface area contributed by atoms with E-state index in [1.807, 2.05) is 0 Å². The Morgan fingerprint density at radius 3 is 2.41 bits per heavy atom. The average Bonchev–Trinajstić information content (AvgIpc) is 3.09. The van der Waals surface area contributed by atoms with Crippen molar-refractivity contribution in [3.05, 3.63) is 70.6 Å². The third kappa shape index (κ3) is 4.11. The molecule has 10 heteroatoms. The van der Waals surface area contributed by atoms with Crippen molar-refractivity contribution < 1.29 is 13.2 Å². The van der Waals surface area contributed by atoms with Crippen molar-refractivity contribution in [1.82, 2.24) is 24.8 Å². The number of hydrogen-bond acceptors (Lipinski definition) is 4. The molecular formula is C19H8AsClF3N5. The van der Waals surface area contributed by atoms with Gasteiger partial charge in [-0.25, -0.2) is 0 Å². The average molecular weight is 474 g/mol. The number of alkyl halides is 3. The summed E-state index contributed by atoms with van der Waals surface area (Å²) in [5.74, 6) is 5.55. The fraction of sp³-hybridized carbons (Fsp3) is 0.0526. The van der Waals surface area contributed by atoms with Crippen LogP contribution in [0, 0.1) is 11.8 Å². The van der Waals surface area contributed by atoms with Crippen LogP contribution in [-0.4, -0.2) is 41.6 Å². The molecule has 0 saturated heterocycles. The van der Waals surface area contributed by atoms with E-state index in [0.29, 0.717) is 20.8 Å². The molecule has 0 amide bonds. The van der Waals surface area contributed by atoms with E-state index in [0.717, 1.165) is 10.6 Å². The van der Waals surface area contributed by atoms with E-state index in [2.05, 4.69) is 49.0 Å². The molecule has 1 aromatic carbocycles. The van der Waals surface area contributed by atoms with Gasteiger partial charge in [0.05, 0.1) is 0 Å². The Hall–Kier alpha value is -2.88. The van der Waals surface area contributed by atoms with Gasteiger partial charge in [0.1, 0.15) is 0 Å². The minimum absolute atomic E-state index is 0.00554. The Morgan fingerprint density at radius 1 is 1.00 bits per heavy atom. The number of hydrogen-bond donors (Lipinski definition) is 0. The monoisotopic (exact) mass is 473 g/mol. The first-order valence-electron chi connectivity index (χ1n) is 8.08. The van der Waals surface area contributed by atoms with Crippen LogP contribution in [-0.2, 0) is 6.18 Å². The minimum atomic E-state index is -4.63. The van der Waals surface area contributed by atoms with Gasteiger partial charge in [-0.05, 0) is 12.1 Å². The molecule has 2 radical (unpaired) electrons. The third-order valence-corrected chi connectivity index (χ3v) is 4.63. The second kappa shape index (κ2) is 7.51. The van der Waals surface area contributed by atoms with Crippen molar-refractivity contribution in [2.24, 2.45) is 0 Å². The molecule has 0 aliphatic carbocycles. The van der Waals surface area contributed by atoms with E-state index in [9.17, 15) is 13.2 Å². The molecule has 0 N–H and O–H groups in total. The summed E-state index contributed by atoms with van der Waals surface area (Å²) in [4.78, 5) is 4.35. The Morgan fingerprint density at radius 2 is 1.76 bits per heavy atom. The van der Waals surface area contributed by atoms with E-state index in [1.54, 1.807) is 36.4 Å². The van der Waals surface area contributed by atoms with Crippen molar-refractivity contribution in [2.45, 2.75) is 6.18 Å². The summed E-state index contributed by atoms with van der Waals surface area (Å²) in [6.07, 6.45) is -3.38. The Labute approximate surface area is 176 Å². The molecule has 3 heterocycles. The number of fused-ring (bicyclic) bond motifs is 1. The van der Waals surface area contributed by atoms with Crippen LogP contribution in [0.15, 0.2) is 48.7 Å². The molecule has 0 unspecified atom stereocenters. The van der Waals surface area contributed by atoms with Gasteiger partial charge in [-0.3, -0.25) is 0 Å². The van der Waals surface area contributed by atoms with Crippen LogP contribution in [0.5, 0.6) is 0 Å². The first-order valence-corrected chi connectivity index (χ1v) is 9.39. The van der Waals surface area contributed by atoms with Crippen molar-refractivity contribution in [3.63, 3.8) is 0 Å². The zero-order valence-corrected chi connectivity index (χ0v) is 16.9. The summed E-state index contributed by atoms with van der Waals surface area (Å²) in [6.45, 7) is 0. The molecule has 4 rings (SSSR count). The fourth-order valence-corrected chi connectivity index (χ4v) is 2.92. The van der Waals surface area contributed by atoms with Crippen LogP contribution in [0.25, 0.3) is 16.9 Å². The second-order valence-corrected chi connectivity index (χ2v) is 7.25. The zero-order chi connectivity index (χ0) is 20.6. The molecule has 29 heavy (non-hydrogen) atoms. The van der Waals surface area contributed by atoms with Gasteiger partial charge < -0.3 is 0 Å². The molecule has 0 fully saturated rings. The van der Waals surface area contributed by atoms with Gasteiger partial charge in [0.2, 0.25) is 0 Å². The third-order valence-electron chi connectivity index (χ3n) is 3.88. The Bertz CT molecular complexity index is 1260. The number of rotatable bonds is 1. The number of nitrogens with zero attached hydrogens (tertiary/aromatic N) is 5. The van der Waals surface area contributed by atoms with Crippen molar-refractivity contribution in [2.75, 3.05) is 0 Å². The molecule has 0 atom stereocenters. The number of halogens is 4. The summed E-state index contributed by atoms with van der Waals surface area (Å²) in [5, 5.41) is 12.1.